The van der Waals surface area contributed by atoms with E-state index in [1.807, 2.05) is 0 Å². The lowest BCUT2D eigenvalue weighted by Crippen LogP contribution is -2.20. The van der Waals surface area contributed by atoms with Crippen LogP contribution in [0.1, 0.15) is 19.8 Å². The quantitative estimate of drug-likeness (QED) is 0.568. The zero-order chi connectivity index (χ0) is 10.3. The Morgan fingerprint density at radius 2 is 2.08 bits per heavy atom. The first kappa shape index (κ1) is 11.9. The molecule has 0 heterocycles. The van der Waals surface area contributed by atoms with E-state index < -0.39 is 12.1 Å². The molecule has 0 bridgehead atoms. The second kappa shape index (κ2) is 6.42. The number of aliphatic hydroxyl groups excluding tert-OH is 1. The molecule has 0 saturated heterocycles. The second-order valence-electron chi connectivity index (χ2n) is 2.71. The molecule has 0 spiro atoms. The lowest BCUT2D eigenvalue weighted by Gasteiger charge is -2.05. The molecule has 2 N–H and O–H groups in total. The van der Waals surface area contributed by atoms with Gasteiger partial charge in [-0.3, -0.25) is 9.59 Å². The summed E-state index contributed by atoms with van der Waals surface area (Å²) in [5.74, 6) is -0.668. The van der Waals surface area contributed by atoms with Crippen molar-refractivity contribution < 1.29 is 19.4 Å². The fourth-order valence-electron chi connectivity index (χ4n) is 0.626. The summed E-state index contributed by atoms with van der Waals surface area (Å²) >= 11 is 0. The Bertz CT molecular complexity index is 179. The number of aliphatic hydroxyl groups is 1. The van der Waals surface area contributed by atoms with Crippen LogP contribution in [0.25, 0.3) is 0 Å². The Labute approximate surface area is 77.1 Å². The number of carbonyl (C=O) groups excluding carboxylic acids is 2. The molecule has 13 heavy (non-hydrogen) atoms. The van der Waals surface area contributed by atoms with Gasteiger partial charge in [-0.2, -0.15) is 0 Å². The first-order valence-electron chi connectivity index (χ1n) is 4.10. The summed E-state index contributed by atoms with van der Waals surface area (Å²) in [6.45, 7) is 1.50. The van der Waals surface area contributed by atoms with E-state index in [0.29, 0.717) is 0 Å². The summed E-state index contributed by atoms with van der Waals surface area (Å²) < 4.78 is 4.63. The largest absolute Gasteiger partial charge is 0.463 e. The molecular weight excluding hydrogens is 174 g/mol. The summed E-state index contributed by atoms with van der Waals surface area (Å²) in [6, 6.07) is 0. The Morgan fingerprint density at radius 1 is 1.46 bits per heavy atom. The third-order valence-corrected chi connectivity index (χ3v) is 1.32. The van der Waals surface area contributed by atoms with Crippen LogP contribution in [-0.2, 0) is 14.3 Å². The summed E-state index contributed by atoms with van der Waals surface area (Å²) in [4.78, 5) is 21.5. The molecule has 1 unspecified atom stereocenters. The Hall–Kier alpha value is -1.10. The summed E-state index contributed by atoms with van der Waals surface area (Å²) in [6.07, 6.45) is -0.495. The van der Waals surface area contributed by atoms with E-state index in [2.05, 4.69) is 10.1 Å². The summed E-state index contributed by atoms with van der Waals surface area (Å²) in [5.41, 5.74) is 0. The van der Waals surface area contributed by atoms with Crippen LogP contribution in [0.4, 0.5) is 0 Å². The van der Waals surface area contributed by atoms with Crippen LogP contribution >= 0.6 is 0 Å². The van der Waals surface area contributed by atoms with Crippen molar-refractivity contribution in [2.75, 3.05) is 13.7 Å². The molecule has 5 heteroatoms. The van der Waals surface area contributed by atoms with Crippen molar-refractivity contribution in [1.82, 2.24) is 5.32 Å². The molecule has 0 aliphatic rings. The predicted octanol–water partition coefficient (Wildman–Crippen LogP) is -0.563. The van der Waals surface area contributed by atoms with Crippen LogP contribution in [0, 0.1) is 0 Å². The maximum absolute atomic E-state index is 10.9. The van der Waals surface area contributed by atoms with Gasteiger partial charge in [0.2, 0.25) is 5.91 Å². The first-order valence-corrected chi connectivity index (χ1v) is 4.10. The van der Waals surface area contributed by atoms with Crippen LogP contribution in [0.3, 0.4) is 0 Å². The van der Waals surface area contributed by atoms with Gasteiger partial charge in [0.1, 0.15) is 6.61 Å². The fraction of sp³-hybridized carbons (Fsp3) is 0.750. The number of carbonyl (C=O) groups is 2. The minimum atomic E-state index is -0.663. The lowest BCUT2D eigenvalue weighted by atomic mass is 10.3. The van der Waals surface area contributed by atoms with Crippen molar-refractivity contribution in [3.05, 3.63) is 0 Å². The van der Waals surface area contributed by atoms with Gasteiger partial charge in [-0.15, -0.1) is 0 Å². The van der Waals surface area contributed by atoms with Crippen LogP contribution in [0.5, 0.6) is 0 Å². The molecule has 0 aromatic carbocycles. The van der Waals surface area contributed by atoms with Crippen LogP contribution in [-0.4, -0.2) is 36.7 Å². The molecule has 0 rings (SSSR count). The van der Waals surface area contributed by atoms with Gasteiger partial charge in [0, 0.05) is 13.5 Å². The average molecular weight is 189 g/mol. The minimum Gasteiger partial charge on any atom is -0.463 e. The van der Waals surface area contributed by atoms with Crippen molar-refractivity contribution in [1.29, 1.82) is 0 Å². The van der Waals surface area contributed by atoms with Crippen LogP contribution in [0.15, 0.2) is 0 Å². The van der Waals surface area contributed by atoms with Crippen molar-refractivity contribution in [2.24, 2.45) is 0 Å². The number of ether oxygens (including phenoxy) is 1. The molecule has 0 fully saturated rings. The van der Waals surface area contributed by atoms with Crippen molar-refractivity contribution >= 4 is 11.9 Å². The van der Waals surface area contributed by atoms with E-state index in [1.54, 1.807) is 0 Å². The van der Waals surface area contributed by atoms with Gasteiger partial charge in [0.25, 0.3) is 0 Å². The summed E-state index contributed by atoms with van der Waals surface area (Å²) in [7, 11) is 1.50. The van der Waals surface area contributed by atoms with Gasteiger partial charge < -0.3 is 15.2 Å². The van der Waals surface area contributed by atoms with E-state index in [1.165, 1.54) is 14.0 Å². The third kappa shape index (κ3) is 7.27. The molecule has 1 atom stereocenters. The van der Waals surface area contributed by atoms with Crippen molar-refractivity contribution in [3.63, 3.8) is 0 Å². The van der Waals surface area contributed by atoms with E-state index in [-0.39, 0.29) is 25.4 Å². The number of rotatable bonds is 5. The van der Waals surface area contributed by atoms with Gasteiger partial charge >= 0.3 is 5.97 Å². The SMILES string of the molecule is CNC(=O)CCC(=O)OCC(C)O. The van der Waals surface area contributed by atoms with Gasteiger partial charge in [-0.05, 0) is 6.92 Å². The number of nitrogens with one attached hydrogen (secondary N) is 1. The third-order valence-electron chi connectivity index (χ3n) is 1.32. The first-order chi connectivity index (χ1) is 6.06. The normalized spacial score (nSPS) is 11.9. The highest BCUT2D eigenvalue weighted by atomic mass is 16.5. The molecule has 0 aliphatic heterocycles. The highest BCUT2D eigenvalue weighted by Crippen LogP contribution is 1.93. The van der Waals surface area contributed by atoms with E-state index in [9.17, 15) is 9.59 Å². The average Bonchev–Trinajstić information content (AvgIpc) is 2.10. The van der Waals surface area contributed by atoms with E-state index >= 15 is 0 Å². The molecule has 0 saturated carbocycles. The maximum atomic E-state index is 10.9. The predicted molar refractivity (Wildman–Crippen MR) is 45.9 cm³/mol. The monoisotopic (exact) mass is 189 g/mol. The van der Waals surface area contributed by atoms with E-state index in [4.69, 9.17) is 5.11 Å². The molecular formula is C8H15NO4. The number of amides is 1. The number of hydrogen-bond donors (Lipinski definition) is 2. The van der Waals surface area contributed by atoms with Gasteiger partial charge in [-0.25, -0.2) is 0 Å². The Balaban J connectivity index is 3.46. The maximum Gasteiger partial charge on any atom is 0.306 e. The number of hydrogen-bond acceptors (Lipinski definition) is 4. The van der Waals surface area contributed by atoms with Crippen LogP contribution < -0.4 is 5.32 Å². The lowest BCUT2D eigenvalue weighted by molar-refractivity contribution is -0.147. The standard InChI is InChI=1S/C8H15NO4/c1-6(10)5-13-8(12)4-3-7(11)9-2/h6,10H,3-5H2,1-2H3,(H,9,11). The van der Waals surface area contributed by atoms with Crippen LogP contribution in [0.2, 0.25) is 0 Å². The number of esters is 1. The molecule has 0 radical (unpaired) electrons. The fourth-order valence-corrected chi connectivity index (χ4v) is 0.626. The molecule has 0 aromatic rings. The van der Waals surface area contributed by atoms with Gasteiger partial charge in [0.15, 0.2) is 0 Å². The second-order valence-corrected chi connectivity index (χ2v) is 2.71. The molecule has 0 aliphatic carbocycles. The Morgan fingerprint density at radius 3 is 2.54 bits per heavy atom. The molecule has 0 aromatic heterocycles. The zero-order valence-electron chi connectivity index (χ0n) is 7.87. The smallest absolute Gasteiger partial charge is 0.306 e. The van der Waals surface area contributed by atoms with E-state index in [0.717, 1.165) is 0 Å². The van der Waals surface area contributed by atoms with Gasteiger partial charge in [-0.1, -0.05) is 0 Å². The highest BCUT2D eigenvalue weighted by molar-refractivity contribution is 5.80. The van der Waals surface area contributed by atoms with Crippen molar-refractivity contribution in [3.8, 4) is 0 Å². The molecule has 1 amide bonds. The Kier molecular flexibility index (Phi) is 5.88. The van der Waals surface area contributed by atoms with Crippen molar-refractivity contribution in [2.45, 2.75) is 25.9 Å². The summed E-state index contributed by atoms with van der Waals surface area (Å²) in [5, 5.41) is 11.2. The zero-order valence-corrected chi connectivity index (χ0v) is 7.87. The molecule has 5 nitrogen and oxygen atoms in total. The topological polar surface area (TPSA) is 75.6 Å². The van der Waals surface area contributed by atoms with Gasteiger partial charge in [0.05, 0.1) is 12.5 Å². The minimum absolute atomic E-state index is 0.0213. The molecule has 76 valence electrons. The highest BCUT2D eigenvalue weighted by Gasteiger charge is 2.07.